The lowest BCUT2D eigenvalue weighted by Crippen LogP contribution is -2.38. The van der Waals surface area contributed by atoms with Crippen molar-refractivity contribution >= 4 is 33.3 Å². The SMILES string of the molecule is CC(C)[C@H](N)C(=O)Oc1cccc2c3nc4ccccc4cc3cn12. The van der Waals surface area contributed by atoms with Gasteiger partial charge in [-0.1, -0.05) is 38.1 Å². The van der Waals surface area contributed by atoms with Crippen molar-refractivity contribution < 1.29 is 9.53 Å². The van der Waals surface area contributed by atoms with E-state index in [-0.39, 0.29) is 5.92 Å². The number of esters is 1. The van der Waals surface area contributed by atoms with Crippen molar-refractivity contribution in [3.05, 3.63) is 54.7 Å². The van der Waals surface area contributed by atoms with Crippen LogP contribution >= 0.6 is 0 Å². The molecule has 0 saturated heterocycles. The fourth-order valence-electron chi connectivity index (χ4n) is 2.93. The molecular formula is C20H19N3O2. The molecule has 1 atom stereocenters. The summed E-state index contributed by atoms with van der Waals surface area (Å²) in [6.45, 7) is 3.79. The van der Waals surface area contributed by atoms with Gasteiger partial charge in [-0.05, 0) is 30.2 Å². The first-order valence-corrected chi connectivity index (χ1v) is 8.31. The van der Waals surface area contributed by atoms with Crippen LogP contribution in [0.4, 0.5) is 0 Å². The Kier molecular flexibility index (Phi) is 3.66. The number of nitrogens with two attached hydrogens (primary N) is 1. The molecule has 0 fully saturated rings. The number of ether oxygens (including phenoxy) is 1. The van der Waals surface area contributed by atoms with E-state index in [4.69, 9.17) is 15.5 Å². The van der Waals surface area contributed by atoms with Crippen LogP contribution in [0.2, 0.25) is 0 Å². The Labute approximate surface area is 145 Å². The van der Waals surface area contributed by atoms with Gasteiger partial charge >= 0.3 is 5.97 Å². The molecule has 0 unspecified atom stereocenters. The van der Waals surface area contributed by atoms with Gasteiger partial charge in [-0.25, -0.2) is 9.78 Å². The van der Waals surface area contributed by atoms with Crippen LogP contribution in [0.5, 0.6) is 5.88 Å². The molecular weight excluding hydrogens is 314 g/mol. The Morgan fingerprint density at radius 3 is 2.72 bits per heavy atom. The predicted octanol–water partition coefficient (Wildman–Crippen LogP) is 3.53. The first kappa shape index (κ1) is 15.6. The van der Waals surface area contributed by atoms with Crippen molar-refractivity contribution in [1.29, 1.82) is 0 Å². The van der Waals surface area contributed by atoms with E-state index in [0.717, 1.165) is 27.3 Å². The zero-order valence-corrected chi connectivity index (χ0v) is 14.1. The van der Waals surface area contributed by atoms with Gasteiger partial charge in [0.1, 0.15) is 6.04 Å². The second kappa shape index (κ2) is 5.86. The molecule has 0 aliphatic carbocycles. The van der Waals surface area contributed by atoms with Crippen LogP contribution in [0, 0.1) is 5.92 Å². The highest BCUT2D eigenvalue weighted by Crippen LogP contribution is 2.28. The van der Waals surface area contributed by atoms with Crippen molar-refractivity contribution in [1.82, 2.24) is 9.38 Å². The molecule has 0 bridgehead atoms. The normalized spacial score (nSPS) is 13.0. The fourth-order valence-corrected chi connectivity index (χ4v) is 2.93. The van der Waals surface area contributed by atoms with E-state index < -0.39 is 12.0 Å². The quantitative estimate of drug-likeness (QED) is 0.582. The number of pyridine rings is 2. The van der Waals surface area contributed by atoms with Gasteiger partial charge in [0.25, 0.3) is 0 Å². The summed E-state index contributed by atoms with van der Waals surface area (Å²) >= 11 is 0. The molecule has 25 heavy (non-hydrogen) atoms. The number of hydrogen-bond donors (Lipinski definition) is 1. The molecule has 1 aromatic carbocycles. The zero-order valence-electron chi connectivity index (χ0n) is 14.1. The van der Waals surface area contributed by atoms with E-state index in [1.165, 1.54) is 0 Å². The smallest absolute Gasteiger partial charge is 0.329 e. The van der Waals surface area contributed by atoms with Crippen LogP contribution in [-0.2, 0) is 4.79 Å². The number of benzene rings is 1. The third-order valence-electron chi connectivity index (χ3n) is 4.45. The molecule has 5 nitrogen and oxygen atoms in total. The van der Waals surface area contributed by atoms with Gasteiger partial charge in [-0.15, -0.1) is 0 Å². The maximum absolute atomic E-state index is 12.2. The Hall–Kier alpha value is -2.92. The Morgan fingerprint density at radius 2 is 1.92 bits per heavy atom. The van der Waals surface area contributed by atoms with Crippen molar-refractivity contribution in [2.75, 3.05) is 0 Å². The van der Waals surface area contributed by atoms with Gasteiger partial charge in [0.15, 0.2) is 0 Å². The number of rotatable bonds is 3. The summed E-state index contributed by atoms with van der Waals surface area (Å²) in [7, 11) is 0. The van der Waals surface area contributed by atoms with Crippen molar-refractivity contribution in [3.63, 3.8) is 0 Å². The first-order chi connectivity index (χ1) is 12.0. The first-order valence-electron chi connectivity index (χ1n) is 8.31. The minimum Gasteiger partial charge on any atom is -0.408 e. The molecule has 0 saturated carbocycles. The largest absolute Gasteiger partial charge is 0.408 e. The molecule has 2 N–H and O–H groups in total. The Morgan fingerprint density at radius 1 is 1.12 bits per heavy atom. The molecule has 5 heteroatoms. The average Bonchev–Trinajstić information content (AvgIpc) is 2.97. The van der Waals surface area contributed by atoms with Crippen LogP contribution in [0.3, 0.4) is 0 Å². The molecule has 0 aliphatic heterocycles. The standard InChI is InChI=1S/C20H19N3O2/c1-12(2)18(21)20(24)25-17-9-5-8-16-19-14(11-23(16)17)10-13-6-3-4-7-15(13)22-19/h3-12,18H,21H2,1-2H3/t18-/m0/s1. The minimum absolute atomic E-state index is 0.0161. The summed E-state index contributed by atoms with van der Waals surface area (Å²) in [6.07, 6.45) is 1.94. The molecule has 4 aromatic rings. The summed E-state index contributed by atoms with van der Waals surface area (Å²) in [5.74, 6) is 0.0291. The van der Waals surface area contributed by atoms with Gasteiger partial charge in [0.2, 0.25) is 5.88 Å². The summed E-state index contributed by atoms with van der Waals surface area (Å²) in [5, 5.41) is 2.07. The lowest BCUT2D eigenvalue weighted by molar-refractivity contribution is -0.137. The molecule has 3 heterocycles. The van der Waals surface area contributed by atoms with E-state index >= 15 is 0 Å². The van der Waals surface area contributed by atoms with E-state index in [2.05, 4.69) is 6.07 Å². The van der Waals surface area contributed by atoms with Gasteiger partial charge in [0, 0.05) is 17.0 Å². The van der Waals surface area contributed by atoms with E-state index in [1.807, 2.05) is 60.8 Å². The number of aromatic nitrogens is 2. The summed E-state index contributed by atoms with van der Waals surface area (Å²) in [5.41, 5.74) is 8.61. The number of fused-ring (bicyclic) bond motifs is 4. The van der Waals surface area contributed by atoms with Gasteiger partial charge in [-0.3, -0.25) is 4.40 Å². The predicted molar refractivity (Wildman–Crippen MR) is 98.7 cm³/mol. The number of hydrogen-bond acceptors (Lipinski definition) is 4. The number of carbonyl (C=O) groups is 1. The number of para-hydroxylation sites is 1. The highest BCUT2D eigenvalue weighted by Gasteiger charge is 2.21. The Bertz CT molecular complexity index is 1100. The zero-order chi connectivity index (χ0) is 17.6. The lowest BCUT2D eigenvalue weighted by atomic mass is 10.1. The van der Waals surface area contributed by atoms with E-state index in [9.17, 15) is 4.79 Å². The van der Waals surface area contributed by atoms with Crippen LogP contribution in [0.1, 0.15) is 13.8 Å². The van der Waals surface area contributed by atoms with Crippen LogP contribution in [0.25, 0.3) is 27.3 Å². The van der Waals surface area contributed by atoms with Gasteiger partial charge in [0.05, 0.1) is 16.6 Å². The Balaban J connectivity index is 1.86. The lowest BCUT2D eigenvalue weighted by Gasteiger charge is -2.14. The highest BCUT2D eigenvalue weighted by molar-refractivity contribution is 6.01. The topological polar surface area (TPSA) is 69.6 Å². The summed E-state index contributed by atoms with van der Waals surface area (Å²) in [4.78, 5) is 17.0. The van der Waals surface area contributed by atoms with Crippen molar-refractivity contribution in [3.8, 4) is 5.88 Å². The molecule has 0 amide bonds. The van der Waals surface area contributed by atoms with Crippen molar-refractivity contribution in [2.24, 2.45) is 11.7 Å². The van der Waals surface area contributed by atoms with Gasteiger partial charge in [-0.2, -0.15) is 0 Å². The van der Waals surface area contributed by atoms with E-state index in [0.29, 0.717) is 5.88 Å². The molecule has 0 spiro atoms. The maximum atomic E-state index is 12.2. The molecule has 3 aromatic heterocycles. The van der Waals surface area contributed by atoms with Crippen LogP contribution in [0.15, 0.2) is 54.7 Å². The highest BCUT2D eigenvalue weighted by atomic mass is 16.5. The number of nitrogens with zero attached hydrogens (tertiary/aromatic N) is 2. The fraction of sp³-hybridized carbons (Fsp3) is 0.200. The third-order valence-corrected chi connectivity index (χ3v) is 4.45. The average molecular weight is 333 g/mol. The molecule has 126 valence electrons. The molecule has 4 rings (SSSR count). The van der Waals surface area contributed by atoms with Crippen molar-refractivity contribution in [2.45, 2.75) is 19.9 Å². The monoisotopic (exact) mass is 333 g/mol. The summed E-state index contributed by atoms with van der Waals surface area (Å²) in [6, 6.07) is 15.0. The number of carbonyl (C=O) groups excluding carboxylic acids is 1. The second-order valence-electron chi connectivity index (χ2n) is 6.56. The second-order valence-corrected chi connectivity index (χ2v) is 6.56. The maximum Gasteiger partial charge on any atom is 0.329 e. The summed E-state index contributed by atoms with van der Waals surface area (Å²) < 4.78 is 7.40. The van der Waals surface area contributed by atoms with Gasteiger partial charge < -0.3 is 10.5 Å². The molecule has 0 radical (unpaired) electrons. The molecule has 0 aliphatic rings. The van der Waals surface area contributed by atoms with Crippen LogP contribution in [-0.4, -0.2) is 21.4 Å². The third kappa shape index (κ3) is 2.62. The minimum atomic E-state index is -0.652. The van der Waals surface area contributed by atoms with Crippen LogP contribution < -0.4 is 10.5 Å². The van der Waals surface area contributed by atoms with E-state index in [1.54, 1.807) is 6.07 Å².